The van der Waals surface area contributed by atoms with Gasteiger partial charge in [0.15, 0.2) is 11.5 Å². The molecule has 0 amide bonds. The zero-order valence-electron chi connectivity index (χ0n) is 22.1. The minimum absolute atomic E-state index is 0.107. The maximum absolute atomic E-state index is 12.5. The van der Waals surface area contributed by atoms with Gasteiger partial charge in [0.05, 0.1) is 26.9 Å². The molecule has 0 bridgehead atoms. The first-order chi connectivity index (χ1) is 19.4. The first kappa shape index (κ1) is 26.8. The lowest BCUT2D eigenvalue weighted by Gasteiger charge is -2.14. The summed E-state index contributed by atoms with van der Waals surface area (Å²) in [4.78, 5) is 25.6. The highest BCUT2D eigenvalue weighted by molar-refractivity contribution is 7.11. The van der Waals surface area contributed by atoms with Crippen molar-refractivity contribution in [2.75, 3.05) is 28.1 Å². The van der Waals surface area contributed by atoms with Gasteiger partial charge < -0.3 is 28.8 Å². The number of rotatable bonds is 9. The summed E-state index contributed by atoms with van der Waals surface area (Å²) in [7, 11) is 4.44. The first-order valence-electron chi connectivity index (χ1n) is 12.3. The molecule has 1 aromatic heterocycles. The molecule has 9 heteroatoms. The number of thiophene rings is 1. The van der Waals surface area contributed by atoms with E-state index in [9.17, 15) is 14.7 Å². The van der Waals surface area contributed by atoms with Crippen molar-refractivity contribution in [2.45, 2.75) is 6.42 Å². The van der Waals surface area contributed by atoms with Crippen LogP contribution < -0.4 is 18.9 Å². The number of carbonyl (C=O) groups is 2. The second kappa shape index (κ2) is 11.5. The Kier molecular flexibility index (Phi) is 7.75. The molecule has 8 nitrogen and oxygen atoms in total. The Bertz CT molecular complexity index is 1620. The molecule has 0 fully saturated rings. The van der Waals surface area contributed by atoms with Gasteiger partial charge in [-0.1, -0.05) is 24.3 Å². The number of carboxylic acids is 1. The molecule has 5 rings (SSSR count). The number of carbonyl (C=O) groups excluding carboxylic acids is 1. The second-order valence-corrected chi connectivity index (χ2v) is 9.77. The quantitative estimate of drug-likeness (QED) is 0.188. The van der Waals surface area contributed by atoms with Crippen LogP contribution in [0.25, 0.3) is 28.3 Å². The van der Waals surface area contributed by atoms with Crippen LogP contribution in [0.15, 0.2) is 71.6 Å². The minimum Gasteiger partial charge on any atom is -0.496 e. The molecule has 3 aromatic carbocycles. The Morgan fingerprint density at radius 2 is 1.65 bits per heavy atom. The van der Waals surface area contributed by atoms with Gasteiger partial charge >= 0.3 is 11.9 Å². The first-order valence-corrected chi connectivity index (χ1v) is 13.2. The van der Waals surface area contributed by atoms with E-state index in [-0.39, 0.29) is 18.8 Å². The average Bonchev–Trinajstić information content (AvgIpc) is 3.64. The third-order valence-electron chi connectivity index (χ3n) is 6.56. The van der Waals surface area contributed by atoms with Gasteiger partial charge in [-0.3, -0.25) is 0 Å². The molecule has 204 valence electrons. The van der Waals surface area contributed by atoms with Crippen LogP contribution in [0, 0.1) is 0 Å². The Labute approximate surface area is 235 Å². The van der Waals surface area contributed by atoms with E-state index in [0.717, 1.165) is 16.0 Å². The molecule has 0 saturated heterocycles. The van der Waals surface area contributed by atoms with Crippen molar-refractivity contribution in [1.82, 2.24) is 0 Å². The molecule has 1 aliphatic rings. The van der Waals surface area contributed by atoms with Crippen LogP contribution in [0.3, 0.4) is 0 Å². The number of ether oxygens (including phenoxy) is 5. The standard InChI is InChI=1S/C31H26O8S/c1-35-25-9-8-18(13-24(25)22-6-4-5-7-23(22)31(34)37-3)21-10-11-40-29(21)15-20(30(32)33)12-19-14-27-28(39-17-38-27)16-26(19)36-2/h4-11,13-16H,12,17H2,1-3H3,(H,32,33)/b20-15+. The van der Waals surface area contributed by atoms with Gasteiger partial charge in [-0.15, -0.1) is 11.3 Å². The number of benzene rings is 3. The highest BCUT2D eigenvalue weighted by atomic mass is 32.1. The molecular formula is C31H26O8S. The molecule has 4 aromatic rings. The molecule has 0 spiro atoms. The van der Waals surface area contributed by atoms with E-state index < -0.39 is 11.9 Å². The number of aliphatic carboxylic acids is 1. The van der Waals surface area contributed by atoms with Crippen molar-refractivity contribution in [3.63, 3.8) is 0 Å². The summed E-state index contributed by atoms with van der Waals surface area (Å²) < 4.78 is 27.0. The number of hydrogen-bond donors (Lipinski definition) is 1. The number of esters is 1. The molecule has 1 aliphatic heterocycles. The smallest absolute Gasteiger partial charge is 0.338 e. The van der Waals surface area contributed by atoms with E-state index in [1.807, 2.05) is 41.8 Å². The maximum Gasteiger partial charge on any atom is 0.338 e. The van der Waals surface area contributed by atoms with Gasteiger partial charge in [-0.05, 0) is 58.5 Å². The van der Waals surface area contributed by atoms with Crippen molar-refractivity contribution in [3.05, 3.63) is 87.6 Å². The third kappa shape index (κ3) is 5.23. The summed E-state index contributed by atoms with van der Waals surface area (Å²) >= 11 is 1.43. The van der Waals surface area contributed by atoms with Crippen LogP contribution in [0.4, 0.5) is 0 Å². The van der Waals surface area contributed by atoms with Crippen molar-refractivity contribution < 1.29 is 38.4 Å². The van der Waals surface area contributed by atoms with Crippen LogP contribution in [0.2, 0.25) is 0 Å². The fourth-order valence-electron chi connectivity index (χ4n) is 4.61. The van der Waals surface area contributed by atoms with E-state index >= 15 is 0 Å². The van der Waals surface area contributed by atoms with Crippen LogP contribution in [0.1, 0.15) is 20.8 Å². The third-order valence-corrected chi connectivity index (χ3v) is 7.43. The average molecular weight is 559 g/mol. The number of methoxy groups -OCH3 is 3. The fraction of sp³-hybridized carbons (Fsp3) is 0.161. The number of carboxylic acid groups (broad SMARTS) is 1. The topological polar surface area (TPSA) is 101 Å². The molecule has 0 unspecified atom stereocenters. The van der Waals surface area contributed by atoms with Gasteiger partial charge in [0.2, 0.25) is 6.79 Å². The second-order valence-electron chi connectivity index (χ2n) is 8.82. The van der Waals surface area contributed by atoms with Crippen LogP contribution in [-0.4, -0.2) is 45.2 Å². The van der Waals surface area contributed by atoms with Gasteiger partial charge in [-0.2, -0.15) is 0 Å². The van der Waals surface area contributed by atoms with E-state index in [0.29, 0.717) is 45.3 Å². The predicted molar refractivity (Wildman–Crippen MR) is 152 cm³/mol. The number of hydrogen-bond acceptors (Lipinski definition) is 8. The van der Waals surface area contributed by atoms with Crippen molar-refractivity contribution >= 4 is 29.4 Å². The maximum atomic E-state index is 12.5. The summed E-state index contributed by atoms with van der Waals surface area (Å²) in [6.45, 7) is 0.107. The molecular weight excluding hydrogens is 532 g/mol. The predicted octanol–water partition coefficient (Wildman–Crippen LogP) is 6.33. The normalized spacial score (nSPS) is 12.2. The molecule has 40 heavy (non-hydrogen) atoms. The van der Waals surface area contributed by atoms with Crippen LogP contribution >= 0.6 is 11.3 Å². The van der Waals surface area contributed by atoms with Gasteiger partial charge in [-0.25, -0.2) is 9.59 Å². The summed E-state index contributed by atoms with van der Waals surface area (Å²) in [6.07, 6.45) is 1.80. The monoisotopic (exact) mass is 558 g/mol. The zero-order chi connectivity index (χ0) is 28.2. The molecule has 0 saturated carbocycles. The van der Waals surface area contributed by atoms with Crippen molar-refractivity contribution in [3.8, 4) is 45.3 Å². The highest BCUT2D eigenvalue weighted by Crippen LogP contribution is 2.41. The highest BCUT2D eigenvalue weighted by Gasteiger charge is 2.21. The van der Waals surface area contributed by atoms with Gasteiger partial charge in [0, 0.05) is 34.1 Å². The van der Waals surface area contributed by atoms with Gasteiger partial charge in [0.1, 0.15) is 11.5 Å². The van der Waals surface area contributed by atoms with Crippen LogP contribution in [0.5, 0.6) is 23.0 Å². The Morgan fingerprint density at radius 3 is 2.38 bits per heavy atom. The van der Waals surface area contributed by atoms with E-state index in [1.165, 1.54) is 25.6 Å². The summed E-state index contributed by atoms with van der Waals surface area (Å²) in [6, 6.07) is 18.2. The summed E-state index contributed by atoms with van der Waals surface area (Å²) in [5.41, 5.74) is 4.34. The lowest BCUT2D eigenvalue weighted by atomic mass is 9.94. The minimum atomic E-state index is -1.04. The molecule has 0 atom stereocenters. The lowest BCUT2D eigenvalue weighted by Crippen LogP contribution is -2.05. The van der Waals surface area contributed by atoms with Crippen molar-refractivity contribution in [1.29, 1.82) is 0 Å². The van der Waals surface area contributed by atoms with Crippen molar-refractivity contribution in [2.24, 2.45) is 0 Å². The summed E-state index contributed by atoms with van der Waals surface area (Å²) in [5, 5.41) is 12.0. The Hall–Kier alpha value is -4.76. The molecule has 1 N–H and O–H groups in total. The van der Waals surface area contributed by atoms with E-state index in [1.54, 1.807) is 37.5 Å². The number of fused-ring (bicyclic) bond motifs is 1. The SMILES string of the molecule is COC(=O)c1ccccc1-c1cc(-c2ccsc2/C=C(\Cc2cc3c(cc2OC)OCO3)C(=O)O)ccc1OC. The van der Waals surface area contributed by atoms with E-state index in [4.69, 9.17) is 23.7 Å². The molecule has 0 aliphatic carbocycles. The van der Waals surface area contributed by atoms with Gasteiger partial charge in [0.25, 0.3) is 0 Å². The summed E-state index contributed by atoms with van der Waals surface area (Å²) in [5.74, 6) is 0.732. The largest absolute Gasteiger partial charge is 0.496 e. The zero-order valence-corrected chi connectivity index (χ0v) is 22.9. The Morgan fingerprint density at radius 1 is 0.900 bits per heavy atom. The lowest BCUT2D eigenvalue weighted by molar-refractivity contribution is -0.132. The molecule has 2 heterocycles. The fourth-order valence-corrected chi connectivity index (χ4v) is 5.48. The molecule has 0 radical (unpaired) electrons. The van der Waals surface area contributed by atoms with E-state index in [2.05, 4.69) is 0 Å². The van der Waals surface area contributed by atoms with Crippen LogP contribution in [-0.2, 0) is 16.0 Å². The Balaban J connectivity index is 1.55.